The second-order valence-electron chi connectivity index (χ2n) is 7.89. The lowest BCUT2D eigenvalue weighted by Gasteiger charge is -2.35. The maximum absolute atomic E-state index is 14.6. The highest BCUT2D eigenvalue weighted by atomic mass is 32.2. The number of thiophene rings is 1. The SMILES string of the molecule is O=C(CN(c1ccccc1F)S(=O)(=O)c1cccs1)N1CCN(C/C=C/c2ccccc2)CC1. The van der Waals surface area contributed by atoms with Crippen LogP contribution in [-0.2, 0) is 14.8 Å². The molecule has 178 valence electrons. The first-order valence-electron chi connectivity index (χ1n) is 11.0. The molecule has 0 unspecified atom stereocenters. The van der Waals surface area contributed by atoms with E-state index in [4.69, 9.17) is 0 Å². The van der Waals surface area contributed by atoms with Gasteiger partial charge < -0.3 is 4.90 Å². The maximum Gasteiger partial charge on any atom is 0.274 e. The van der Waals surface area contributed by atoms with Gasteiger partial charge in [-0.3, -0.25) is 14.0 Å². The summed E-state index contributed by atoms with van der Waals surface area (Å²) < 4.78 is 42.0. The van der Waals surface area contributed by atoms with Crippen LogP contribution in [0, 0.1) is 5.82 Å². The van der Waals surface area contributed by atoms with Crippen molar-refractivity contribution in [2.24, 2.45) is 0 Å². The first-order chi connectivity index (χ1) is 16.4. The number of amides is 1. The predicted molar refractivity (Wildman–Crippen MR) is 134 cm³/mol. The molecule has 1 aliphatic heterocycles. The number of carbonyl (C=O) groups is 1. The zero-order chi connectivity index (χ0) is 24.0. The highest BCUT2D eigenvalue weighted by Crippen LogP contribution is 2.28. The average Bonchev–Trinajstić information content (AvgIpc) is 3.40. The van der Waals surface area contributed by atoms with Crippen molar-refractivity contribution < 1.29 is 17.6 Å². The summed E-state index contributed by atoms with van der Waals surface area (Å²) in [6.45, 7) is 2.66. The number of benzene rings is 2. The highest BCUT2D eigenvalue weighted by molar-refractivity contribution is 7.94. The fraction of sp³-hybridized carbons (Fsp3) is 0.240. The zero-order valence-corrected chi connectivity index (χ0v) is 20.2. The first-order valence-corrected chi connectivity index (χ1v) is 13.3. The molecule has 0 N–H and O–H groups in total. The average molecular weight is 500 g/mol. The Morgan fingerprint density at radius 3 is 2.35 bits per heavy atom. The summed E-state index contributed by atoms with van der Waals surface area (Å²) in [5.41, 5.74) is 1.01. The molecule has 1 saturated heterocycles. The largest absolute Gasteiger partial charge is 0.339 e. The molecule has 2 heterocycles. The Kier molecular flexibility index (Phi) is 7.77. The molecule has 34 heavy (non-hydrogen) atoms. The normalized spacial score (nSPS) is 15.0. The number of piperazine rings is 1. The van der Waals surface area contributed by atoms with Crippen LogP contribution in [0.4, 0.5) is 10.1 Å². The summed E-state index contributed by atoms with van der Waals surface area (Å²) >= 11 is 1.04. The molecule has 1 aromatic heterocycles. The van der Waals surface area contributed by atoms with Gasteiger partial charge in [0.25, 0.3) is 10.0 Å². The first kappa shape index (κ1) is 24.1. The summed E-state index contributed by atoms with van der Waals surface area (Å²) in [6.07, 6.45) is 4.17. The Labute approximate surface area is 203 Å². The molecule has 1 amide bonds. The minimum Gasteiger partial charge on any atom is -0.339 e. The van der Waals surface area contributed by atoms with E-state index in [-0.39, 0.29) is 15.8 Å². The third-order valence-electron chi connectivity index (χ3n) is 5.64. The van der Waals surface area contributed by atoms with Crippen LogP contribution >= 0.6 is 11.3 Å². The summed E-state index contributed by atoms with van der Waals surface area (Å²) in [4.78, 5) is 17.0. The van der Waals surface area contributed by atoms with E-state index in [0.29, 0.717) is 26.2 Å². The summed E-state index contributed by atoms with van der Waals surface area (Å²) in [6, 6.07) is 18.7. The molecule has 0 aliphatic carbocycles. The van der Waals surface area contributed by atoms with Gasteiger partial charge in [-0.1, -0.05) is 60.7 Å². The van der Waals surface area contributed by atoms with Crippen molar-refractivity contribution in [1.82, 2.24) is 9.80 Å². The van der Waals surface area contributed by atoms with Crippen LogP contribution in [0.25, 0.3) is 6.08 Å². The van der Waals surface area contributed by atoms with Gasteiger partial charge in [0.1, 0.15) is 16.6 Å². The second kappa shape index (κ2) is 10.9. The molecule has 1 fully saturated rings. The van der Waals surface area contributed by atoms with Crippen molar-refractivity contribution in [3.05, 3.63) is 89.6 Å². The quantitative estimate of drug-likeness (QED) is 0.471. The molecular formula is C25H26FN3O3S2. The lowest BCUT2D eigenvalue weighted by Crippen LogP contribution is -2.51. The monoisotopic (exact) mass is 499 g/mol. The molecule has 0 bridgehead atoms. The number of hydrogen-bond acceptors (Lipinski definition) is 5. The van der Waals surface area contributed by atoms with Crippen LogP contribution in [-0.4, -0.2) is 63.4 Å². The number of hydrogen-bond donors (Lipinski definition) is 0. The van der Waals surface area contributed by atoms with Gasteiger partial charge in [0, 0.05) is 32.7 Å². The van der Waals surface area contributed by atoms with Crippen molar-refractivity contribution in [2.75, 3.05) is 43.6 Å². The molecule has 0 atom stereocenters. The Hall–Kier alpha value is -3.01. The van der Waals surface area contributed by atoms with Gasteiger partial charge in [-0.2, -0.15) is 0 Å². The molecule has 2 aromatic carbocycles. The van der Waals surface area contributed by atoms with E-state index >= 15 is 0 Å². The van der Waals surface area contributed by atoms with Gasteiger partial charge in [0.2, 0.25) is 5.91 Å². The van der Waals surface area contributed by atoms with Crippen molar-refractivity contribution in [3.63, 3.8) is 0 Å². The molecule has 0 spiro atoms. The van der Waals surface area contributed by atoms with E-state index in [1.54, 1.807) is 22.4 Å². The molecule has 9 heteroatoms. The molecule has 4 rings (SSSR count). The number of halogens is 1. The van der Waals surface area contributed by atoms with Crippen LogP contribution in [0.15, 0.2) is 82.4 Å². The summed E-state index contributed by atoms with van der Waals surface area (Å²) in [5.74, 6) is -1.03. The number of carbonyl (C=O) groups excluding carboxylic acids is 1. The maximum atomic E-state index is 14.6. The van der Waals surface area contributed by atoms with Gasteiger partial charge >= 0.3 is 0 Å². The van der Waals surface area contributed by atoms with Crippen LogP contribution in [0.2, 0.25) is 0 Å². The van der Waals surface area contributed by atoms with Crippen molar-refractivity contribution in [3.8, 4) is 0 Å². The van der Waals surface area contributed by atoms with Crippen LogP contribution in [0.3, 0.4) is 0 Å². The lowest BCUT2D eigenvalue weighted by atomic mass is 10.2. The van der Waals surface area contributed by atoms with Gasteiger partial charge in [0.05, 0.1) is 5.69 Å². The van der Waals surface area contributed by atoms with Crippen molar-refractivity contribution in [2.45, 2.75) is 4.21 Å². The Bertz CT molecular complexity index is 1220. The minimum absolute atomic E-state index is 0.0681. The second-order valence-corrected chi connectivity index (χ2v) is 10.9. The van der Waals surface area contributed by atoms with Crippen molar-refractivity contribution in [1.29, 1.82) is 0 Å². The van der Waals surface area contributed by atoms with Crippen LogP contribution in [0.5, 0.6) is 0 Å². The Morgan fingerprint density at radius 2 is 1.68 bits per heavy atom. The van der Waals surface area contributed by atoms with E-state index in [1.807, 2.05) is 30.3 Å². The van der Waals surface area contributed by atoms with Gasteiger partial charge in [-0.05, 0) is 29.1 Å². The number of nitrogens with zero attached hydrogens (tertiary/aromatic N) is 3. The number of sulfonamides is 1. The van der Waals surface area contributed by atoms with E-state index in [9.17, 15) is 17.6 Å². The van der Waals surface area contributed by atoms with Gasteiger partial charge in [-0.15, -0.1) is 11.3 Å². The highest BCUT2D eigenvalue weighted by Gasteiger charge is 2.32. The summed E-state index contributed by atoms with van der Waals surface area (Å²) in [7, 11) is -4.07. The van der Waals surface area contributed by atoms with E-state index in [2.05, 4.69) is 17.1 Å². The van der Waals surface area contributed by atoms with Gasteiger partial charge in [0.15, 0.2) is 0 Å². The standard InChI is InChI=1S/C25H26FN3O3S2/c26-22-11-4-5-12-23(22)29(34(31,32)25-13-7-19-33-25)20-24(30)28-17-15-27(16-18-28)14-6-10-21-8-2-1-3-9-21/h1-13,19H,14-18,20H2/b10-6+. The molecule has 3 aromatic rings. The molecule has 0 saturated carbocycles. The number of rotatable bonds is 8. The van der Waals surface area contributed by atoms with Gasteiger partial charge in [-0.25, -0.2) is 12.8 Å². The molecular weight excluding hydrogens is 473 g/mol. The lowest BCUT2D eigenvalue weighted by molar-refractivity contribution is -0.131. The Balaban J connectivity index is 1.41. The molecule has 6 nitrogen and oxygen atoms in total. The topological polar surface area (TPSA) is 60.9 Å². The van der Waals surface area contributed by atoms with E-state index in [0.717, 1.165) is 27.8 Å². The zero-order valence-electron chi connectivity index (χ0n) is 18.6. The predicted octanol–water partition coefficient (Wildman–Crippen LogP) is 3.94. The number of anilines is 1. The fourth-order valence-electron chi connectivity index (χ4n) is 3.78. The fourth-order valence-corrected chi connectivity index (χ4v) is 6.30. The Morgan fingerprint density at radius 1 is 0.971 bits per heavy atom. The van der Waals surface area contributed by atoms with Crippen molar-refractivity contribution >= 4 is 39.0 Å². The smallest absolute Gasteiger partial charge is 0.274 e. The summed E-state index contributed by atoms with van der Waals surface area (Å²) in [5, 5.41) is 1.64. The van der Waals surface area contributed by atoms with E-state index in [1.165, 1.54) is 24.3 Å². The van der Waals surface area contributed by atoms with Crippen LogP contribution < -0.4 is 4.31 Å². The molecule has 1 aliphatic rings. The molecule has 0 radical (unpaired) electrons. The van der Waals surface area contributed by atoms with E-state index < -0.39 is 22.4 Å². The van der Waals surface area contributed by atoms with Crippen LogP contribution in [0.1, 0.15) is 5.56 Å². The number of para-hydroxylation sites is 1. The third-order valence-corrected chi connectivity index (χ3v) is 8.77. The third kappa shape index (κ3) is 5.72. The minimum atomic E-state index is -4.07.